The molecule has 0 amide bonds. The average molecular weight is 350 g/mol. The molecule has 0 aromatic carbocycles. The molecular formula is C18H26N2O3S. The summed E-state index contributed by atoms with van der Waals surface area (Å²) in [5.41, 5.74) is 0.897. The largest absolute Gasteiger partial charge is 0.375 e. The number of hydrogen-bond donors (Lipinski definition) is 0. The maximum absolute atomic E-state index is 12.7. The highest BCUT2D eigenvalue weighted by Gasteiger charge is 2.62. The SMILES string of the molecule is O=S1(=O)CC[C@H](COCc2ccccn2)C12CN(C1CCCC1)C2. The Hall–Kier alpha value is -0.980. The van der Waals surface area contributed by atoms with Crippen LogP contribution in [0, 0.1) is 5.92 Å². The minimum absolute atomic E-state index is 0.129. The van der Waals surface area contributed by atoms with Gasteiger partial charge in [0.2, 0.25) is 0 Å². The van der Waals surface area contributed by atoms with E-state index >= 15 is 0 Å². The fourth-order valence-electron chi connectivity index (χ4n) is 4.67. The van der Waals surface area contributed by atoms with E-state index in [0.717, 1.165) is 25.2 Å². The number of likely N-dealkylation sites (tertiary alicyclic amines) is 1. The number of pyridine rings is 1. The summed E-state index contributed by atoms with van der Waals surface area (Å²) in [6, 6.07) is 6.38. The van der Waals surface area contributed by atoms with Crippen molar-refractivity contribution in [3.8, 4) is 0 Å². The fourth-order valence-corrected chi connectivity index (χ4v) is 7.09. The summed E-state index contributed by atoms with van der Waals surface area (Å²) < 4.78 is 30.7. The maximum Gasteiger partial charge on any atom is 0.158 e. The number of nitrogens with zero attached hydrogens (tertiary/aromatic N) is 2. The lowest BCUT2D eigenvalue weighted by molar-refractivity contribution is 0.00429. The van der Waals surface area contributed by atoms with Gasteiger partial charge in [-0.3, -0.25) is 9.88 Å². The first kappa shape index (κ1) is 16.5. The molecule has 1 aromatic rings. The van der Waals surface area contributed by atoms with Gasteiger partial charge in [-0.15, -0.1) is 0 Å². The molecule has 2 aliphatic heterocycles. The van der Waals surface area contributed by atoms with Gasteiger partial charge < -0.3 is 4.74 Å². The molecule has 6 heteroatoms. The Morgan fingerprint density at radius 3 is 2.71 bits per heavy atom. The molecule has 1 atom stereocenters. The normalized spacial score (nSPS) is 29.1. The van der Waals surface area contributed by atoms with Crippen LogP contribution in [-0.2, 0) is 21.2 Å². The predicted molar refractivity (Wildman–Crippen MR) is 92.3 cm³/mol. The van der Waals surface area contributed by atoms with E-state index in [1.54, 1.807) is 6.20 Å². The first-order chi connectivity index (χ1) is 11.6. The zero-order valence-corrected chi connectivity index (χ0v) is 14.9. The fraction of sp³-hybridized carbons (Fsp3) is 0.722. The van der Waals surface area contributed by atoms with E-state index in [0.29, 0.717) is 25.0 Å². The molecule has 0 radical (unpaired) electrons. The number of sulfone groups is 1. The molecule has 24 heavy (non-hydrogen) atoms. The molecule has 0 bridgehead atoms. The quantitative estimate of drug-likeness (QED) is 0.813. The lowest BCUT2D eigenvalue weighted by atomic mass is 9.82. The molecular weight excluding hydrogens is 324 g/mol. The van der Waals surface area contributed by atoms with Crippen molar-refractivity contribution >= 4 is 9.84 Å². The van der Waals surface area contributed by atoms with E-state index in [4.69, 9.17) is 4.74 Å². The van der Waals surface area contributed by atoms with Gasteiger partial charge in [-0.2, -0.15) is 0 Å². The van der Waals surface area contributed by atoms with Crippen LogP contribution in [0.1, 0.15) is 37.8 Å². The Morgan fingerprint density at radius 1 is 1.21 bits per heavy atom. The third-order valence-electron chi connectivity index (χ3n) is 6.18. The molecule has 132 valence electrons. The van der Waals surface area contributed by atoms with Gasteiger partial charge in [0, 0.05) is 31.2 Å². The number of ether oxygens (including phenoxy) is 1. The molecule has 0 N–H and O–H groups in total. The van der Waals surface area contributed by atoms with Gasteiger partial charge in [-0.05, 0) is 31.4 Å². The van der Waals surface area contributed by atoms with Gasteiger partial charge in [0.15, 0.2) is 9.84 Å². The third-order valence-corrected chi connectivity index (χ3v) is 8.78. The molecule has 1 aliphatic carbocycles. The van der Waals surface area contributed by atoms with E-state index in [1.807, 2.05) is 18.2 Å². The van der Waals surface area contributed by atoms with Crippen molar-refractivity contribution in [2.24, 2.45) is 5.92 Å². The van der Waals surface area contributed by atoms with Crippen molar-refractivity contribution in [1.29, 1.82) is 0 Å². The monoisotopic (exact) mass is 350 g/mol. The average Bonchev–Trinajstić information content (AvgIpc) is 3.13. The van der Waals surface area contributed by atoms with Gasteiger partial charge in [-0.25, -0.2) is 8.42 Å². The second-order valence-corrected chi connectivity index (χ2v) is 10.00. The number of aromatic nitrogens is 1. The molecule has 1 aromatic heterocycles. The van der Waals surface area contributed by atoms with Crippen LogP contribution in [0.3, 0.4) is 0 Å². The summed E-state index contributed by atoms with van der Waals surface area (Å²) in [6.07, 6.45) is 7.54. The molecule has 3 heterocycles. The van der Waals surface area contributed by atoms with Crippen molar-refractivity contribution in [3.63, 3.8) is 0 Å². The summed E-state index contributed by atoms with van der Waals surface area (Å²) in [5.74, 6) is 0.451. The van der Waals surface area contributed by atoms with Crippen LogP contribution in [0.5, 0.6) is 0 Å². The zero-order valence-electron chi connectivity index (χ0n) is 14.1. The van der Waals surface area contributed by atoms with Crippen molar-refractivity contribution in [2.75, 3.05) is 25.4 Å². The smallest absolute Gasteiger partial charge is 0.158 e. The van der Waals surface area contributed by atoms with E-state index in [1.165, 1.54) is 25.7 Å². The second-order valence-electron chi connectivity index (χ2n) is 7.55. The Morgan fingerprint density at radius 2 is 2.00 bits per heavy atom. The second kappa shape index (κ2) is 6.39. The molecule has 2 saturated heterocycles. The predicted octanol–water partition coefficient (Wildman–Crippen LogP) is 2.03. The lowest BCUT2D eigenvalue weighted by Crippen LogP contribution is -2.69. The molecule has 5 nitrogen and oxygen atoms in total. The Bertz CT molecular complexity index is 665. The van der Waals surface area contributed by atoms with Gasteiger partial charge in [-0.1, -0.05) is 18.9 Å². The Labute approximate surface area is 144 Å². The minimum atomic E-state index is -2.99. The lowest BCUT2D eigenvalue weighted by Gasteiger charge is -2.52. The molecule has 1 spiro atoms. The van der Waals surface area contributed by atoms with Crippen molar-refractivity contribution in [2.45, 2.75) is 49.5 Å². The summed E-state index contributed by atoms with van der Waals surface area (Å²) in [4.78, 5) is 6.66. The summed E-state index contributed by atoms with van der Waals surface area (Å²) in [5, 5.41) is 0. The van der Waals surface area contributed by atoms with Crippen LogP contribution in [0.15, 0.2) is 24.4 Å². The summed E-state index contributed by atoms with van der Waals surface area (Å²) in [7, 11) is -2.99. The molecule has 4 rings (SSSR count). The van der Waals surface area contributed by atoms with Crippen LogP contribution in [-0.4, -0.2) is 54.5 Å². The minimum Gasteiger partial charge on any atom is -0.375 e. The maximum atomic E-state index is 12.7. The van der Waals surface area contributed by atoms with Gasteiger partial charge in [0.1, 0.15) is 4.75 Å². The third kappa shape index (κ3) is 2.78. The summed E-state index contributed by atoms with van der Waals surface area (Å²) in [6.45, 7) is 2.42. The van der Waals surface area contributed by atoms with Crippen molar-refractivity contribution in [1.82, 2.24) is 9.88 Å². The Balaban J connectivity index is 1.38. The molecule has 0 unspecified atom stereocenters. The van der Waals surface area contributed by atoms with Gasteiger partial charge >= 0.3 is 0 Å². The molecule has 1 saturated carbocycles. The molecule has 3 fully saturated rings. The highest BCUT2D eigenvalue weighted by Crippen LogP contribution is 2.47. The first-order valence-electron chi connectivity index (χ1n) is 9.05. The number of hydrogen-bond acceptors (Lipinski definition) is 5. The van der Waals surface area contributed by atoms with E-state index in [-0.39, 0.29) is 5.92 Å². The number of rotatable bonds is 5. The Kier molecular flexibility index (Phi) is 4.39. The van der Waals surface area contributed by atoms with Crippen LogP contribution >= 0.6 is 0 Å². The zero-order chi connectivity index (χ0) is 16.6. The van der Waals surface area contributed by atoms with E-state index in [9.17, 15) is 8.42 Å². The van der Waals surface area contributed by atoms with Crippen LogP contribution < -0.4 is 0 Å². The highest BCUT2D eigenvalue weighted by molar-refractivity contribution is 7.93. The highest BCUT2D eigenvalue weighted by atomic mass is 32.2. The van der Waals surface area contributed by atoms with Gasteiger partial charge in [0.05, 0.1) is 24.7 Å². The van der Waals surface area contributed by atoms with Crippen molar-refractivity contribution in [3.05, 3.63) is 30.1 Å². The standard InChI is InChI=1S/C18H26N2O3S/c21-24(22)10-8-15(11-23-12-16-5-3-4-9-19-16)18(24)13-20(14-18)17-6-1-2-7-17/h3-5,9,15,17H,1-2,6-8,10-14H2/t15-/m1/s1. The van der Waals surface area contributed by atoms with Crippen molar-refractivity contribution < 1.29 is 13.2 Å². The first-order valence-corrected chi connectivity index (χ1v) is 10.7. The van der Waals surface area contributed by atoms with Gasteiger partial charge in [0.25, 0.3) is 0 Å². The van der Waals surface area contributed by atoms with E-state index < -0.39 is 14.6 Å². The summed E-state index contributed by atoms with van der Waals surface area (Å²) >= 11 is 0. The van der Waals surface area contributed by atoms with Crippen LogP contribution in [0.4, 0.5) is 0 Å². The van der Waals surface area contributed by atoms with Crippen LogP contribution in [0.2, 0.25) is 0 Å². The molecule has 3 aliphatic rings. The topological polar surface area (TPSA) is 59.5 Å². The van der Waals surface area contributed by atoms with E-state index in [2.05, 4.69) is 9.88 Å². The van der Waals surface area contributed by atoms with Crippen LogP contribution in [0.25, 0.3) is 0 Å².